The van der Waals surface area contributed by atoms with Crippen molar-refractivity contribution in [2.24, 2.45) is 0 Å². The van der Waals surface area contributed by atoms with Gasteiger partial charge in [0.15, 0.2) is 0 Å². The van der Waals surface area contributed by atoms with Gasteiger partial charge in [0.05, 0.1) is 7.11 Å². The number of hydrogen-bond acceptors (Lipinski definition) is 4. The van der Waals surface area contributed by atoms with Crippen LogP contribution < -0.4 is 10.1 Å². The Bertz CT molecular complexity index is 1370. The van der Waals surface area contributed by atoms with E-state index in [0.29, 0.717) is 0 Å². The Hall–Kier alpha value is -4.58. The number of aliphatic carboxylic acids is 1. The summed E-state index contributed by atoms with van der Waals surface area (Å²) < 4.78 is 10.7. The minimum Gasteiger partial charge on any atom is -0.497 e. The Morgan fingerprint density at radius 3 is 1.89 bits per heavy atom. The van der Waals surface area contributed by atoms with Crippen molar-refractivity contribution in [2.75, 3.05) is 13.7 Å². The molecule has 1 aliphatic rings. The van der Waals surface area contributed by atoms with Crippen LogP contribution in [0, 0.1) is 0 Å². The van der Waals surface area contributed by atoms with E-state index in [1.807, 2.05) is 84.9 Å². The second-order valence-corrected chi connectivity index (χ2v) is 8.99. The highest BCUT2D eigenvalue weighted by atomic mass is 16.5. The van der Waals surface area contributed by atoms with Crippen LogP contribution in [0.4, 0.5) is 4.79 Å². The third kappa shape index (κ3) is 5.19. The molecule has 0 fully saturated rings. The standard InChI is InChI=1S/C31H27NO5/c1-36-23-16-14-22(15-17-23)21-12-10-20(11-13-21)18-29(30(33)34)32-31(35)37-19-28-26-8-4-2-6-24(26)25-7-3-5-9-27(25)28/h2-17,28-29H,18-19H2,1H3,(H,32,35)(H,33,34). The number of carbonyl (C=O) groups is 2. The fourth-order valence-electron chi connectivity index (χ4n) is 4.83. The number of rotatable bonds is 8. The summed E-state index contributed by atoms with van der Waals surface area (Å²) in [7, 11) is 1.62. The Kier molecular flexibility index (Phi) is 6.90. The van der Waals surface area contributed by atoms with Gasteiger partial charge < -0.3 is 19.9 Å². The first kappa shape index (κ1) is 24.1. The maximum absolute atomic E-state index is 12.6. The van der Waals surface area contributed by atoms with Gasteiger partial charge in [-0.05, 0) is 51.1 Å². The quantitative estimate of drug-likeness (QED) is 0.319. The van der Waals surface area contributed by atoms with Gasteiger partial charge in [-0.2, -0.15) is 0 Å². The Labute approximate surface area is 215 Å². The molecule has 0 spiro atoms. The zero-order valence-electron chi connectivity index (χ0n) is 20.4. The van der Waals surface area contributed by atoms with Crippen molar-refractivity contribution in [3.05, 3.63) is 114 Å². The number of carboxylic acids is 1. The van der Waals surface area contributed by atoms with Crippen LogP contribution in [-0.2, 0) is 16.0 Å². The van der Waals surface area contributed by atoms with Gasteiger partial charge in [0.25, 0.3) is 0 Å². The normalized spacial score (nSPS) is 12.8. The average Bonchev–Trinajstić information content (AvgIpc) is 3.25. The number of carboxylic acid groups (broad SMARTS) is 1. The van der Waals surface area contributed by atoms with Crippen LogP contribution in [0.3, 0.4) is 0 Å². The van der Waals surface area contributed by atoms with Gasteiger partial charge in [0, 0.05) is 12.3 Å². The number of hydrogen-bond donors (Lipinski definition) is 2. The lowest BCUT2D eigenvalue weighted by Gasteiger charge is -2.17. The molecule has 4 aromatic carbocycles. The highest BCUT2D eigenvalue weighted by molar-refractivity contribution is 5.81. The number of alkyl carbamates (subject to hydrolysis) is 1. The van der Waals surface area contributed by atoms with Crippen LogP contribution in [0.15, 0.2) is 97.1 Å². The highest BCUT2D eigenvalue weighted by Crippen LogP contribution is 2.44. The lowest BCUT2D eigenvalue weighted by Crippen LogP contribution is -2.42. The van der Waals surface area contributed by atoms with Crippen LogP contribution >= 0.6 is 0 Å². The number of methoxy groups -OCH3 is 1. The van der Waals surface area contributed by atoms with Gasteiger partial charge in [0.1, 0.15) is 18.4 Å². The van der Waals surface area contributed by atoms with Crippen molar-refractivity contribution >= 4 is 12.1 Å². The molecule has 1 atom stereocenters. The zero-order valence-corrected chi connectivity index (χ0v) is 20.4. The second kappa shape index (κ2) is 10.6. The summed E-state index contributed by atoms with van der Waals surface area (Å²) in [4.78, 5) is 24.5. The van der Waals surface area contributed by atoms with E-state index in [1.165, 1.54) is 0 Å². The van der Waals surface area contributed by atoms with Gasteiger partial charge in [-0.15, -0.1) is 0 Å². The first-order valence-corrected chi connectivity index (χ1v) is 12.1. The van der Waals surface area contributed by atoms with Crippen LogP contribution in [0.25, 0.3) is 22.3 Å². The van der Waals surface area contributed by atoms with Crippen molar-refractivity contribution in [3.63, 3.8) is 0 Å². The van der Waals surface area contributed by atoms with Crippen molar-refractivity contribution in [2.45, 2.75) is 18.4 Å². The molecule has 4 aromatic rings. The number of fused-ring (bicyclic) bond motifs is 3. The summed E-state index contributed by atoms with van der Waals surface area (Å²) >= 11 is 0. The smallest absolute Gasteiger partial charge is 0.407 e. The third-order valence-corrected chi connectivity index (χ3v) is 6.75. The summed E-state index contributed by atoms with van der Waals surface area (Å²) in [5.41, 5.74) is 7.29. The first-order valence-electron chi connectivity index (χ1n) is 12.1. The molecule has 1 amide bonds. The van der Waals surface area contributed by atoms with E-state index in [1.54, 1.807) is 7.11 Å². The molecular weight excluding hydrogens is 466 g/mol. The summed E-state index contributed by atoms with van der Waals surface area (Å²) in [6.07, 6.45) is -0.605. The predicted molar refractivity (Wildman–Crippen MR) is 142 cm³/mol. The molecule has 0 saturated carbocycles. The molecule has 0 bridgehead atoms. The van der Waals surface area contributed by atoms with E-state index >= 15 is 0 Å². The lowest BCUT2D eigenvalue weighted by molar-refractivity contribution is -0.139. The molecule has 6 heteroatoms. The minimum absolute atomic E-state index is 0.0908. The summed E-state index contributed by atoms with van der Waals surface area (Å²) in [6, 6.07) is 30.3. The molecule has 5 rings (SSSR count). The first-order chi connectivity index (χ1) is 18.0. The molecule has 0 aromatic heterocycles. The molecule has 2 N–H and O–H groups in total. The third-order valence-electron chi connectivity index (χ3n) is 6.75. The number of benzene rings is 4. The molecule has 1 unspecified atom stereocenters. The zero-order chi connectivity index (χ0) is 25.8. The molecule has 0 heterocycles. The minimum atomic E-state index is -1.12. The van der Waals surface area contributed by atoms with Crippen molar-refractivity contribution in [1.29, 1.82) is 0 Å². The second-order valence-electron chi connectivity index (χ2n) is 8.99. The van der Waals surface area contributed by atoms with E-state index in [2.05, 4.69) is 17.4 Å². The van der Waals surface area contributed by atoms with Gasteiger partial charge >= 0.3 is 12.1 Å². The molecule has 37 heavy (non-hydrogen) atoms. The molecule has 186 valence electrons. The molecule has 6 nitrogen and oxygen atoms in total. The predicted octanol–water partition coefficient (Wildman–Crippen LogP) is 5.90. The molecule has 0 aliphatic heterocycles. The monoisotopic (exact) mass is 493 g/mol. The molecule has 0 radical (unpaired) electrons. The van der Waals surface area contributed by atoms with E-state index in [9.17, 15) is 14.7 Å². The average molecular weight is 494 g/mol. The van der Waals surface area contributed by atoms with Crippen molar-refractivity contribution < 1.29 is 24.2 Å². The van der Waals surface area contributed by atoms with Crippen molar-refractivity contribution in [3.8, 4) is 28.0 Å². The van der Waals surface area contributed by atoms with E-state index in [0.717, 1.165) is 44.7 Å². The fourth-order valence-corrected chi connectivity index (χ4v) is 4.83. The van der Waals surface area contributed by atoms with Crippen molar-refractivity contribution in [1.82, 2.24) is 5.32 Å². The highest BCUT2D eigenvalue weighted by Gasteiger charge is 2.29. The number of ether oxygens (including phenoxy) is 2. The number of nitrogens with one attached hydrogen (secondary N) is 1. The Morgan fingerprint density at radius 1 is 0.811 bits per heavy atom. The number of amides is 1. The van der Waals surface area contributed by atoms with E-state index in [-0.39, 0.29) is 18.9 Å². The van der Waals surface area contributed by atoms with Crippen LogP contribution in [-0.4, -0.2) is 36.9 Å². The number of carbonyl (C=O) groups excluding carboxylic acids is 1. The molecule has 0 saturated heterocycles. The molecular formula is C31H27NO5. The van der Waals surface area contributed by atoms with E-state index in [4.69, 9.17) is 9.47 Å². The SMILES string of the molecule is COc1ccc(-c2ccc(CC(NC(=O)OCC3c4ccccc4-c4ccccc43)C(=O)O)cc2)cc1. The van der Waals surface area contributed by atoms with Gasteiger partial charge in [-0.3, -0.25) is 0 Å². The van der Waals surface area contributed by atoms with Crippen LogP contribution in [0.5, 0.6) is 5.75 Å². The summed E-state index contributed by atoms with van der Waals surface area (Å²) in [6.45, 7) is 0.128. The van der Waals surface area contributed by atoms with Gasteiger partial charge in [-0.1, -0.05) is 84.9 Å². The van der Waals surface area contributed by atoms with E-state index < -0.39 is 18.1 Å². The van der Waals surface area contributed by atoms with Gasteiger partial charge in [0.2, 0.25) is 0 Å². The summed E-state index contributed by atoms with van der Waals surface area (Å²) in [5, 5.41) is 12.2. The summed E-state index contributed by atoms with van der Waals surface area (Å²) in [5.74, 6) is -0.427. The maximum Gasteiger partial charge on any atom is 0.407 e. The maximum atomic E-state index is 12.6. The largest absolute Gasteiger partial charge is 0.497 e. The van der Waals surface area contributed by atoms with Crippen LogP contribution in [0.2, 0.25) is 0 Å². The lowest BCUT2D eigenvalue weighted by atomic mass is 9.98. The molecule has 1 aliphatic carbocycles. The van der Waals surface area contributed by atoms with Gasteiger partial charge in [-0.25, -0.2) is 9.59 Å². The topological polar surface area (TPSA) is 84.9 Å². The Balaban J connectivity index is 1.22. The van der Waals surface area contributed by atoms with Crippen LogP contribution in [0.1, 0.15) is 22.6 Å². The fraction of sp³-hybridized carbons (Fsp3) is 0.161. The Morgan fingerprint density at radius 2 is 1.35 bits per heavy atom.